The third kappa shape index (κ3) is 8.35. The summed E-state index contributed by atoms with van der Waals surface area (Å²) in [6, 6.07) is 40.8. The number of benzene rings is 6. The van der Waals surface area contributed by atoms with Gasteiger partial charge in [-0.15, -0.1) is 0 Å². The Kier molecular flexibility index (Phi) is 13.5. The van der Waals surface area contributed by atoms with E-state index in [2.05, 4.69) is 192 Å². The third-order valence-electron chi connectivity index (χ3n) is 11.2. The van der Waals surface area contributed by atoms with E-state index in [0.29, 0.717) is 0 Å². The smallest absolute Gasteiger partial charge is 0.0621 e. The third-order valence-corrected chi connectivity index (χ3v) is 17.7. The van der Waals surface area contributed by atoms with Crippen molar-refractivity contribution in [1.82, 2.24) is 0 Å². The van der Waals surface area contributed by atoms with Crippen LogP contribution in [0.2, 0.25) is 0 Å². The Morgan fingerprint density at radius 3 is 0.510 bits per heavy atom. The van der Waals surface area contributed by atoms with Gasteiger partial charge in [-0.25, -0.2) is 0 Å². The molecule has 0 spiro atoms. The van der Waals surface area contributed by atoms with E-state index in [4.69, 9.17) is 0 Å². The van der Waals surface area contributed by atoms with Gasteiger partial charge in [0.2, 0.25) is 0 Å². The monoisotopic (exact) mass is 738 g/mol. The first kappa shape index (κ1) is 40.1. The summed E-state index contributed by atoms with van der Waals surface area (Å²) in [5.74, 6) is 0. The van der Waals surface area contributed by atoms with Crippen LogP contribution in [-0.2, 0) is 17.4 Å². The topological polar surface area (TPSA) is 0 Å². The molecule has 0 atom stereocenters. The molecule has 260 valence electrons. The zero-order valence-corrected chi connectivity index (χ0v) is 36.1. The van der Waals surface area contributed by atoms with Gasteiger partial charge in [0, 0.05) is 17.4 Å². The van der Waals surface area contributed by atoms with Crippen molar-refractivity contribution in [2.24, 2.45) is 0 Å². The van der Waals surface area contributed by atoms with Gasteiger partial charge in [-0.05, 0) is 181 Å². The maximum atomic E-state index is 2.35. The molecule has 0 amide bonds. The average Bonchev–Trinajstić information content (AvgIpc) is 3.09. The van der Waals surface area contributed by atoms with Gasteiger partial charge in [-0.2, -0.15) is 0 Å². The first-order chi connectivity index (χ1) is 23.8. The van der Waals surface area contributed by atoms with Crippen molar-refractivity contribution in [3.05, 3.63) is 176 Å². The van der Waals surface area contributed by atoms with E-state index in [0.717, 1.165) is 0 Å². The zero-order valence-electron chi connectivity index (χ0n) is 32.8. The average molecular weight is 739 g/mol. The fourth-order valence-electron chi connectivity index (χ4n) is 7.00. The van der Waals surface area contributed by atoms with Crippen molar-refractivity contribution in [1.29, 1.82) is 0 Å². The van der Waals surface area contributed by atoms with Crippen LogP contribution in [-0.4, -0.2) is 17.6 Å². The van der Waals surface area contributed by atoms with E-state index in [9.17, 15) is 0 Å². The summed E-state index contributed by atoms with van der Waals surface area (Å²) < 4.78 is 0. The van der Waals surface area contributed by atoms with Gasteiger partial charge < -0.3 is 0 Å². The van der Waals surface area contributed by atoms with Gasteiger partial charge in [0.1, 0.15) is 0 Å². The summed E-state index contributed by atoms with van der Waals surface area (Å²) in [5.41, 5.74) is 17.0. The molecule has 0 aliphatic rings. The van der Waals surface area contributed by atoms with Gasteiger partial charge in [-0.3, -0.25) is 0 Å². The number of hydrogen-bond donors (Lipinski definition) is 0. The Morgan fingerprint density at radius 2 is 0.373 bits per heavy atom. The van der Waals surface area contributed by atoms with Crippen LogP contribution in [0.5, 0.6) is 0 Å². The first-order valence-corrected chi connectivity index (χ1v) is 21.0. The summed E-state index contributed by atoms with van der Waals surface area (Å²) in [6.45, 7) is 27.1. The molecule has 0 saturated heterocycles. The molecule has 6 rings (SSSR count). The van der Waals surface area contributed by atoms with Crippen LogP contribution in [0, 0.1) is 83.1 Å². The molecule has 0 fully saturated rings. The first-order valence-electron chi connectivity index (χ1n) is 18.0. The molecule has 51 heavy (non-hydrogen) atoms. The van der Waals surface area contributed by atoms with Crippen molar-refractivity contribution in [3.63, 3.8) is 0 Å². The predicted molar refractivity (Wildman–Crippen MR) is 225 cm³/mol. The quantitative estimate of drug-likeness (QED) is 0.120. The van der Waals surface area contributed by atoms with Crippen molar-refractivity contribution < 1.29 is 17.4 Å². The maximum absolute atomic E-state index is 2.35. The molecule has 0 heterocycles. The Labute approximate surface area is 323 Å². The summed E-state index contributed by atoms with van der Waals surface area (Å²) >= 11 is 0. The maximum Gasteiger partial charge on any atom is 0.155 e. The molecule has 0 saturated carbocycles. The zero-order chi connectivity index (χ0) is 36.3. The SMILES string of the molecule is Cc1cccc([Si](c2cccc(C)c2C)c2cccc(C)c2C)c1C.Cc1cccc([Si](c2cccc(C)c2C)c2cccc(C)c2C)c1C.[Cr]. The number of rotatable bonds is 6. The molecular weight excluding hydrogens is 685 g/mol. The Balaban J connectivity index is 0.000000224. The fraction of sp³-hybridized carbons (Fsp3) is 0.250. The predicted octanol–water partition coefficient (Wildman–Crippen LogP) is 8.10. The van der Waals surface area contributed by atoms with Gasteiger partial charge >= 0.3 is 0 Å². The molecule has 0 unspecified atom stereocenters. The summed E-state index contributed by atoms with van der Waals surface area (Å²) in [6.07, 6.45) is 0. The standard InChI is InChI=1S/2C24H27Si.Cr/c2*1-16-10-7-13-22(19(16)4)25(23-14-8-11-17(2)20(23)5)24-15-9-12-18(3)21(24)6;/h2*7-15H,1-6H3;. The van der Waals surface area contributed by atoms with Gasteiger partial charge in [-0.1, -0.05) is 109 Å². The molecule has 0 N–H and O–H groups in total. The van der Waals surface area contributed by atoms with Crippen LogP contribution in [0.1, 0.15) is 66.8 Å². The minimum absolute atomic E-state index is 0. The van der Waals surface area contributed by atoms with E-state index in [1.807, 2.05) is 0 Å². The normalized spacial score (nSPS) is 10.9. The molecule has 3 heteroatoms. The number of aryl methyl sites for hydroxylation is 6. The van der Waals surface area contributed by atoms with Crippen LogP contribution >= 0.6 is 0 Å². The molecule has 2 radical (unpaired) electrons. The molecule has 0 bridgehead atoms. The summed E-state index contributed by atoms with van der Waals surface area (Å²) in [4.78, 5) is 0. The molecule has 0 aliphatic heterocycles. The summed E-state index contributed by atoms with van der Waals surface area (Å²) in [7, 11) is -2.07. The molecular formula is C48H54CrSi2. The number of hydrogen-bond acceptors (Lipinski definition) is 0. The largest absolute Gasteiger partial charge is 0.155 e. The second-order valence-corrected chi connectivity index (χ2v) is 19.0. The van der Waals surface area contributed by atoms with Crippen molar-refractivity contribution in [2.45, 2.75) is 83.1 Å². The van der Waals surface area contributed by atoms with Gasteiger partial charge in [0.05, 0.1) is 0 Å². The molecule has 0 aliphatic carbocycles. The second-order valence-electron chi connectivity index (χ2n) is 14.2. The van der Waals surface area contributed by atoms with Crippen molar-refractivity contribution >= 4 is 48.7 Å². The minimum atomic E-state index is -1.03. The van der Waals surface area contributed by atoms with E-state index in [1.165, 1.54) is 97.9 Å². The van der Waals surface area contributed by atoms with Crippen LogP contribution < -0.4 is 31.1 Å². The van der Waals surface area contributed by atoms with Crippen LogP contribution in [0.15, 0.2) is 109 Å². The van der Waals surface area contributed by atoms with E-state index >= 15 is 0 Å². The summed E-state index contributed by atoms with van der Waals surface area (Å²) in [5, 5.41) is 9.12. The van der Waals surface area contributed by atoms with E-state index < -0.39 is 17.6 Å². The van der Waals surface area contributed by atoms with E-state index in [1.54, 1.807) is 0 Å². The van der Waals surface area contributed by atoms with E-state index in [-0.39, 0.29) is 17.4 Å². The molecule has 0 nitrogen and oxygen atoms in total. The Bertz CT molecular complexity index is 1760. The van der Waals surface area contributed by atoms with Crippen molar-refractivity contribution in [3.8, 4) is 0 Å². The van der Waals surface area contributed by atoms with Crippen LogP contribution in [0.3, 0.4) is 0 Å². The fourth-order valence-corrected chi connectivity index (χ4v) is 13.8. The molecule has 0 aromatic heterocycles. The Hall–Kier alpha value is -3.71. The van der Waals surface area contributed by atoms with Gasteiger partial charge in [0.15, 0.2) is 17.6 Å². The Morgan fingerprint density at radius 1 is 0.235 bits per heavy atom. The second kappa shape index (κ2) is 17.2. The van der Waals surface area contributed by atoms with Gasteiger partial charge in [0.25, 0.3) is 0 Å². The van der Waals surface area contributed by atoms with Crippen LogP contribution in [0.4, 0.5) is 0 Å². The van der Waals surface area contributed by atoms with Crippen molar-refractivity contribution in [2.75, 3.05) is 0 Å². The van der Waals surface area contributed by atoms with Crippen LogP contribution in [0.25, 0.3) is 0 Å². The molecule has 6 aromatic rings. The molecule has 6 aromatic carbocycles. The minimum Gasteiger partial charge on any atom is -0.0621 e.